The Morgan fingerprint density at radius 1 is 1.35 bits per heavy atom. The van der Waals surface area contributed by atoms with Gasteiger partial charge in [-0.2, -0.15) is 0 Å². The van der Waals surface area contributed by atoms with Crippen LogP contribution in [-0.2, 0) is 4.74 Å². The van der Waals surface area contributed by atoms with Crippen LogP contribution in [0.1, 0.15) is 25.5 Å². The highest BCUT2D eigenvalue weighted by atomic mass is 16.5. The van der Waals surface area contributed by atoms with E-state index in [1.165, 1.54) is 0 Å². The normalized spacial score (nSPS) is 22.1. The molecular formula is C16H26N2O2. The van der Waals surface area contributed by atoms with Crippen LogP contribution in [0.2, 0.25) is 0 Å². The molecular weight excluding hydrogens is 252 g/mol. The molecule has 4 heteroatoms. The second-order valence-corrected chi connectivity index (χ2v) is 5.67. The molecule has 0 aliphatic carbocycles. The molecule has 0 saturated carbocycles. The average molecular weight is 278 g/mol. The van der Waals surface area contributed by atoms with Crippen molar-refractivity contribution >= 4 is 0 Å². The van der Waals surface area contributed by atoms with Gasteiger partial charge in [0.1, 0.15) is 0 Å². The summed E-state index contributed by atoms with van der Waals surface area (Å²) in [4.78, 5) is 2.43. The number of nitrogens with zero attached hydrogens (tertiary/aromatic N) is 1. The van der Waals surface area contributed by atoms with E-state index in [0.29, 0.717) is 12.6 Å². The van der Waals surface area contributed by atoms with Crippen molar-refractivity contribution in [2.24, 2.45) is 0 Å². The Bertz CT molecular complexity index is 383. The highest BCUT2D eigenvalue weighted by Crippen LogP contribution is 2.11. The highest BCUT2D eigenvalue weighted by molar-refractivity contribution is 5.17. The molecule has 4 nitrogen and oxygen atoms in total. The molecule has 112 valence electrons. The second kappa shape index (κ2) is 7.74. The molecule has 0 aromatic heterocycles. The van der Waals surface area contributed by atoms with E-state index in [0.717, 1.165) is 31.8 Å². The predicted molar refractivity (Wildman–Crippen MR) is 80.7 cm³/mol. The Balaban J connectivity index is 1.70. The monoisotopic (exact) mass is 278 g/mol. The van der Waals surface area contributed by atoms with Crippen molar-refractivity contribution in [1.29, 1.82) is 0 Å². The minimum absolute atomic E-state index is 0.217. The standard InChI is InChI=1S/C16H26N2O2/c1-13(2)18-8-9-20-15(12-18)10-17-11-16(19)14-6-4-3-5-7-14/h3-7,13,15-17,19H,8-12H2,1-2H3. The van der Waals surface area contributed by atoms with Gasteiger partial charge in [0, 0.05) is 32.2 Å². The number of rotatable bonds is 6. The van der Waals surface area contributed by atoms with Crippen molar-refractivity contribution in [2.45, 2.75) is 32.1 Å². The fourth-order valence-corrected chi connectivity index (χ4v) is 2.51. The number of hydrogen-bond donors (Lipinski definition) is 2. The van der Waals surface area contributed by atoms with Gasteiger partial charge in [0.05, 0.1) is 18.8 Å². The van der Waals surface area contributed by atoms with E-state index in [4.69, 9.17) is 4.74 Å². The largest absolute Gasteiger partial charge is 0.387 e. The molecule has 2 N–H and O–H groups in total. The number of nitrogens with one attached hydrogen (secondary N) is 1. The lowest BCUT2D eigenvalue weighted by Gasteiger charge is -2.35. The van der Waals surface area contributed by atoms with Gasteiger partial charge in [0.15, 0.2) is 0 Å². The van der Waals surface area contributed by atoms with E-state index >= 15 is 0 Å². The number of hydrogen-bond acceptors (Lipinski definition) is 4. The van der Waals surface area contributed by atoms with Crippen LogP contribution >= 0.6 is 0 Å². The zero-order valence-electron chi connectivity index (χ0n) is 12.5. The van der Waals surface area contributed by atoms with E-state index in [1.54, 1.807) is 0 Å². The molecule has 20 heavy (non-hydrogen) atoms. The molecule has 0 amide bonds. The van der Waals surface area contributed by atoms with Gasteiger partial charge in [-0.25, -0.2) is 0 Å². The number of benzene rings is 1. The number of morpholine rings is 1. The summed E-state index contributed by atoms with van der Waals surface area (Å²) in [5.74, 6) is 0. The van der Waals surface area contributed by atoms with Crippen molar-refractivity contribution < 1.29 is 9.84 Å². The Labute approximate surface area is 121 Å². The third-order valence-corrected chi connectivity index (χ3v) is 3.79. The van der Waals surface area contributed by atoms with Gasteiger partial charge in [-0.1, -0.05) is 30.3 Å². The summed E-state index contributed by atoms with van der Waals surface area (Å²) in [5, 5.41) is 13.4. The topological polar surface area (TPSA) is 44.7 Å². The molecule has 1 aromatic carbocycles. The summed E-state index contributed by atoms with van der Waals surface area (Å²) < 4.78 is 5.76. The minimum atomic E-state index is -0.457. The van der Waals surface area contributed by atoms with Crippen LogP contribution in [-0.4, -0.2) is 54.9 Å². The van der Waals surface area contributed by atoms with Crippen LogP contribution < -0.4 is 5.32 Å². The minimum Gasteiger partial charge on any atom is -0.387 e. The molecule has 1 heterocycles. The highest BCUT2D eigenvalue weighted by Gasteiger charge is 2.22. The SMILES string of the molecule is CC(C)N1CCOC(CNCC(O)c2ccccc2)C1. The van der Waals surface area contributed by atoms with Crippen molar-refractivity contribution in [1.82, 2.24) is 10.2 Å². The summed E-state index contributed by atoms with van der Waals surface area (Å²) in [5.41, 5.74) is 0.952. The Hall–Kier alpha value is -0.940. The molecule has 0 spiro atoms. The maximum atomic E-state index is 10.1. The van der Waals surface area contributed by atoms with E-state index in [9.17, 15) is 5.11 Å². The molecule has 1 aromatic rings. The van der Waals surface area contributed by atoms with E-state index in [-0.39, 0.29) is 6.10 Å². The summed E-state index contributed by atoms with van der Waals surface area (Å²) in [6, 6.07) is 10.3. The zero-order chi connectivity index (χ0) is 14.4. The zero-order valence-corrected chi connectivity index (χ0v) is 12.5. The molecule has 0 radical (unpaired) electrons. The predicted octanol–water partition coefficient (Wildman–Crippen LogP) is 1.42. The molecule has 2 rings (SSSR count). The smallest absolute Gasteiger partial charge is 0.0914 e. The quantitative estimate of drug-likeness (QED) is 0.826. The lowest BCUT2D eigenvalue weighted by atomic mass is 10.1. The lowest BCUT2D eigenvalue weighted by molar-refractivity contribution is -0.0379. The van der Waals surface area contributed by atoms with Gasteiger partial charge < -0.3 is 15.2 Å². The molecule has 1 saturated heterocycles. The Morgan fingerprint density at radius 3 is 2.80 bits per heavy atom. The van der Waals surface area contributed by atoms with Crippen LogP contribution in [0.5, 0.6) is 0 Å². The van der Waals surface area contributed by atoms with Gasteiger partial charge >= 0.3 is 0 Å². The number of aliphatic hydroxyl groups excluding tert-OH is 1. The number of aliphatic hydroxyl groups is 1. The molecule has 1 aliphatic rings. The van der Waals surface area contributed by atoms with Crippen LogP contribution in [0, 0.1) is 0 Å². The first-order valence-electron chi connectivity index (χ1n) is 7.46. The summed E-state index contributed by atoms with van der Waals surface area (Å²) >= 11 is 0. The van der Waals surface area contributed by atoms with Gasteiger partial charge in [0.2, 0.25) is 0 Å². The second-order valence-electron chi connectivity index (χ2n) is 5.67. The third-order valence-electron chi connectivity index (χ3n) is 3.79. The fraction of sp³-hybridized carbons (Fsp3) is 0.625. The molecule has 2 atom stereocenters. The van der Waals surface area contributed by atoms with Crippen molar-refractivity contribution in [3.8, 4) is 0 Å². The van der Waals surface area contributed by atoms with Gasteiger partial charge in [-0.15, -0.1) is 0 Å². The Kier molecular flexibility index (Phi) is 5.98. The molecule has 0 bridgehead atoms. The van der Waals surface area contributed by atoms with Crippen molar-refractivity contribution in [2.75, 3.05) is 32.8 Å². The Morgan fingerprint density at radius 2 is 2.10 bits per heavy atom. The van der Waals surface area contributed by atoms with E-state index < -0.39 is 6.10 Å². The first-order valence-corrected chi connectivity index (χ1v) is 7.46. The number of ether oxygens (including phenoxy) is 1. The first kappa shape index (κ1) is 15.4. The average Bonchev–Trinajstić information content (AvgIpc) is 2.48. The molecule has 1 aliphatic heterocycles. The van der Waals surface area contributed by atoms with Gasteiger partial charge in [0.25, 0.3) is 0 Å². The fourth-order valence-electron chi connectivity index (χ4n) is 2.51. The van der Waals surface area contributed by atoms with E-state index in [1.807, 2.05) is 30.3 Å². The van der Waals surface area contributed by atoms with Crippen LogP contribution in [0.4, 0.5) is 0 Å². The maximum absolute atomic E-state index is 10.1. The first-order chi connectivity index (χ1) is 9.66. The maximum Gasteiger partial charge on any atom is 0.0914 e. The van der Waals surface area contributed by atoms with Gasteiger partial charge in [-0.05, 0) is 19.4 Å². The van der Waals surface area contributed by atoms with E-state index in [2.05, 4.69) is 24.1 Å². The van der Waals surface area contributed by atoms with Crippen molar-refractivity contribution in [3.63, 3.8) is 0 Å². The van der Waals surface area contributed by atoms with Crippen LogP contribution in [0.3, 0.4) is 0 Å². The van der Waals surface area contributed by atoms with Crippen LogP contribution in [0.25, 0.3) is 0 Å². The summed E-state index contributed by atoms with van der Waals surface area (Å²) in [6.45, 7) is 8.56. The lowest BCUT2D eigenvalue weighted by Crippen LogP contribution is -2.49. The third kappa shape index (κ3) is 4.56. The molecule has 2 unspecified atom stereocenters. The molecule has 1 fully saturated rings. The summed E-state index contributed by atoms with van der Waals surface area (Å²) in [7, 11) is 0. The van der Waals surface area contributed by atoms with Gasteiger partial charge in [-0.3, -0.25) is 4.90 Å². The van der Waals surface area contributed by atoms with Crippen LogP contribution in [0.15, 0.2) is 30.3 Å². The van der Waals surface area contributed by atoms with Crippen molar-refractivity contribution in [3.05, 3.63) is 35.9 Å². The summed E-state index contributed by atoms with van der Waals surface area (Å²) in [6.07, 6.45) is -0.241.